The van der Waals surface area contributed by atoms with Crippen LogP contribution in [0.5, 0.6) is 0 Å². The van der Waals surface area contributed by atoms with Gasteiger partial charge in [-0.2, -0.15) is 5.26 Å². The second-order valence-electron chi connectivity index (χ2n) is 8.13. The molecule has 0 spiro atoms. The molecule has 0 fully saturated rings. The van der Waals surface area contributed by atoms with Crippen molar-refractivity contribution in [2.75, 3.05) is 19.8 Å². The third kappa shape index (κ3) is 12.0. The van der Waals surface area contributed by atoms with Crippen LogP contribution >= 0.6 is 8.53 Å². The largest absolute Gasteiger partial charge is 0.460 e. The molecule has 0 saturated heterocycles. The van der Waals surface area contributed by atoms with Crippen molar-refractivity contribution in [1.82, 2.24) is 4.67 Å². The molecule has 0 aromatic heterocycles. The monoisotopic (exact) mass is 478 g/mol. The van der Waals surface area contributed by atoms with E-state index in [-0.39, 0.29) is 45.2 Å². The Labute approximate surface area is 203 Å². The summed E-state index contributed by atoms with van der Waals surface area (Å²) < 4.78 is 33.7. The second kappa shape index (κ2) is 17.0. The highest BCUT2D eigenvalue weighted by molar-refractivity contribution is 7.44. The quantitative estimate of drug-likeness (QED) is 0.128. The summed E-state index contributed by atoms with van der Waals surface area (Å²) in [5.41, 5.74) is 0.486. The van der Waals surface area contributed by atoms with Gasteiger partial charge >= 0.3 is 5.97 Å². The van der Waals surface area contributed by atoms with E-state index in [1.165, 1.54) is 0 Å². The van der Waals surface area contributed by atoms with Crippen LogP contribution in [0, 0.1) is 11.3 Å². The number of hydrogen-bond acceptors (Lipinski definition) is 7. The molecule has 0 bridgehead atoms. The van der Waals surface area contributed by atoms with Gasteiger partial charge in [0.2, 0.25) is 0 Å². The van der Waals surface area contributed by atoms with E-state index in [1.54, 1.807) is 24.3 Å². The van der Waals surface area contributed by atoms with Gasteiger partial charge in [0.05, 0.1) is 43.4 Å². The zero-order chi connectivity index (χ0) is 25.3. The van der Waals surface area contributed by atoms with Crippen LogP contribution in [0.4, 0.5) is 0 Å². The van der Waals surface area contributed by atoms with Crippen LogP contribution in [-0.2, 0) is 18.5 Å². The Morgan fingerprint density at radius 2 is 1.88 bits per heavy atom. The van der Waals surface area contributed by atoms with Crippen molar-refractivity contribution >= 4 is 21.8 Å². The number of esters is 1. The van der Waals surface area contributed by atoms with E-state index in [1.807, 2.05) is 13.3 Å². The maximum atomic E-state index is 12.3. The zero-order valence-electron chi connectivity index (χ0n) is 21.6. The molecule has 0 heterocycles. The number of rotatable bonds is 17. The van der Waals surface area contributed by atoms with Gasteiger partial charge < -0.3 is 18.5 Å². The molecule has 183 valence electrons. The van der Waals surface area contributed by atoms with E-state index in [4.69, 9.17) is 25.2 Å². The number of benzene rings is 1. The van der Waals surface area contributed by atoms with Crippen molar-refractivity contribution in [1.29, 1.82) is 5.26 Å². The van der Waals surface area contributed by atoms with Gasteiger partial charge in [-0.25, -0.2) is 9.46 Å². The van der Waals surface area contributed by atoms with Gasteiger partial charge in [-0.15, -0.1) is 0 Å². The van der Waals surface area contributed by atoms with Gasteiger partial charge in [-0.3, -0.25) is 0 Å². The minimum absolute atomic E-state index is 0.00613. The van der Waals surface area contributed by atoms with E-state index in [0.717, 1.165) is 12.7 Å². The minimum atomic E-state index is -1.41. The summed E-state index contributed by atoms with van der Waals surface area (Å²) in [4.78, 5) is 12.3. The highest BCUT2D eigenvalue weighted by Crippen LogP contribution is 2.46. The molecule has 1 aromatic carbocycles. The van der Waals surface area contributed by atoms with Crippen LogP contribution in [0.3, 0.4) is 0 Å². The molecule has 1 rings (SSSR count). The Hall–Kier alpha value is -1.49. The summed E-state index contributed by atoms with van der Waals surface area (Å²) in [7, 11) is 0.560. The van der Waals surface area contributed by atoms with Gasteiger partial charge in [-0.1, -0.05) is 37.9 Å². The van der Waals surface area contributed by atoms with Crippen molar-refractivity contribution in [3.63, 3.8) is 0 Å². The smallest absolute Gasteiger partial charge is 0.338 e. The molecule has 0 N–H and O–H groups in total. The summed E-state index contributed by atoms with van der Waals surface area (Å²) in [5, 5.41) is 8.86. The van der Waals surface area contributed by atoms with Crippen LogP contribution in [0.2, 0.25) is 6.32 Å². The summed E-state index contributed by atoms with van der Waals surface area (Å²) in [5.74, 6) is -0.406. The molecule has 3 atom stereocenters. The van der Waals surface area contributed by atoms with Crippen molar-refractivity contribution in [2.24, 2.45) is 0 Å². The van der Waals surface area contributed by atoms with Gasteiger partial charge in [0.15, 0.2) is 7.28 Å². The topological polar surface area (TPSA) is 81.0 Å². The Morgan fingerprint density at radius 1 is 1.18 bits per heavy atom. The molecule has 0 amide bonds. The molecule has 0 aliphatic rings. The maximum Gasteiger partial charge on any atom is 0.338 e. The average molecular weight is 478 g/mol. The lowest BCUT2D eigenvalue weighted by Crippen LogP contribution is -2.35. The first-order chi connectivity index (χ1) is 16.3. The maximum absolute atomic E-state index is 12.3. The summed E-state index contributed by atoms with van der Waals surface area (Å²) in [6, 6.07) is 10.9. The Balaban J connectivity index is 2.76. The number of nitrogens with zero attached hydrogens (tertiary/aromatic N) is 2. The molecular weight excluding hydrogens is 438 g/mol. The van der Waals surface area contributed by atoms with Gasteiger partial charge in [-0.05, 0) is 46.7 Å². The van der Waals surface area contributed by atoms with Crippen molar-refractivity contribution < 1.29 is 24.7 Å². The molecule has 0 saturated carbocycles. The van der Waals surface area contributed by atoms with E-state index in [0.29, 0.717) is 5.56 Å². The van der Waals surface area contributed by atoms with E-state index in [9.17, 15) is 4.79 Å². The van der Waals surface area contributed by atoms with Crippen LogP contribution in [0.1, 0.15) is 66.1 Å². The molecule has 1 aromatic rings. The van der Waals surface area contributed by atoms with Crippen LogP contribution in [-0.4, -0.2) is 61.9 Å². The van der Waals surface area contributed by atoms with Crippen LogP contribution in [0.15, 0.2) is 30.3 Å². The summed E-state index contributed by atoms with van der Waals surface area (Å²) >= 11 is 0. The molecule has 33 heavy (non-hydrogen) atoms. The normalized spacial score (nSPS) is 14.6. The van der Waals surface area contributed by atoms with E-state index in [2.05, 4.69) is 45.4 Å². The van der Waals surface area contributed by atoms with Gasteiger partial charge in [0.1, 0.15) is 6.61 Å². The lowest BCUT2D eigenvalue weighted by atomic mass is 9.67. The van der Waals surface area contributed by atoms with Crippen molar-refractivity contribution in [3.05, 3.63) is 35.9 Å². The third-order valence-corrected chi connectivity index (χ3v) is 6.58. The predicted octanol–water partition coefficient (Wildman–Crippen LogP) is 5.40. The Morgan fingerprint density at radius 3 is 2.45 bits per heavy atom. The van der Waals surface area contributed by atoms with Crippen molar-refractivity contribution in [3.8, 4) is 6.07 Å². The lowest BCUT2D eigenvalue weighted by molar-refractivity contribution is -0.0234. The van der Waals surface area contributed by atoms with Crippen LogP contribution in [0.25, 0.3) is 0 Å². The van der Waals surface area contributed by atoms with E-state index < -0.39 is 26.6 Å². The van der Waals surface area contributed by atoms with E-state index >= 15 is 0 Å². The standard InChI is InChI=1S/C24H39BN2O5P/c1-7-14-25-23(18-29-24(28)22-12-9-8-10-13-22)32-21(6)17-31-33(30-16-11-15-26)27(19(2)3)20(4)5/h8-10,12-13,19-21,23H,7,11,14,16-18H2,1-6H3/t21-,23-,33?/m1/s1/i6D. The lowest BCUT2D eigenvalue weighted by Gasteiger charge is -2.36. The molecule has 1 unspecified atom stereocenters. The third-order valence-electron chi connectivity index (χ3n) is 4.51. The first kappa shape index (κ1) is 27.8. The summed E-state index contributed by atoms with van der Waals surface area (Å²) in [6.07, 6.45) is 1.51. The number of ether oxygens (including phenoxy) is 2. The Bertz CT molecular complexity index is 715. The fourth-order valence-corrected chi connectivity index (χ4v) is 4.71. The highest BCUT2D eigenvalue weighted by atomic mass is 31.2. The highest BCUT2D eigenvalue weighted by Gasteiger charge is 2.28. The minimum Gasteiger partial charge on any atom is -0.460 e. The molecule has 0 aliphatic heterocycles. The first-order valence-electron chi connectivity index (χ1n) is 12.3. The molecule has 1 radical (unpaired) electrons. The molecule has 7 nitrogen and oxygen atoms in total. The molecule has 0 aliphatic carbocycles. The number of carbonyl (C=O) groups is 1. The Kier molecular flexibility index (Phi) is 14.3. The molecular formula is C24H39BN2O5P. The van der Waals surface area contributed by atoms with Crippen LogP contribution < -0.4 is 0 Å². The fraction of sp³-hybridized carbons (Fsp3) is 0.667. The fourth-order valence-electron chi connectivity index (χ4n) is 3.08. The second-order valence-corrected chi connectivity index (χ2v) is 9.58. The number of nitriles is 1. The average Bonchev–Trinajstić information content (AvgIpc) is 2.82. The summed E-state index contributed by atoms with van der Waals surface area (Å²) in [6.45, 7) is 10.9. The SMILES string of the molecule is [2H]C[C@H](COP(OCCC#N)N(C(C)C)C(C)C)O[C@@H]([B]CCC)COC(=O)c1ccccc1. The number of carbonyl (C=O) groups excluding carboxylic acids is 1. The van der Waals surface area contributed by atoms with Gasteiger partial charge in [0, 0.05) is 13.5 Å². The molecule has 9 heteroatoms. The zero-order valence-corrected chi connectivity index (χ0v) is 21.5. The first-order valence-corrected chi connectivity index (χ1v) is 12.7. The van der Waals surface area contributed by atoms with Gasteiger partial charge in [0.25, 0.3) is 8.53 Å². The predicted molar refractivity (Wildman–Crippen MR) is 133 cm³/mol. The van der Waals surface area contributed by atoms with Crippen molar-refractivity contribution in [2.45, 2.75) is 84.9 Å². The number of hydrogen-bond donors (Lipinski definition) is 0.